The number of carbonyl (C=O) groups excluding carboxylic acids is 1. The molecule has 0 aromatic heterocycles. The third-order valence-electron chi connectivity index (χ3n) is 4.93. The Morgan fingerprint density at radius 2 is 1.96 bits per heavy atom. The van der Waals surface area contributed by atoms with E-state index in [9.17, 15) is 13.2 Å². The number of carbonyl (C=O) groups is 1. The first-order valence-electron chi connectivity index (χ1n) is 8.93. The molecule has 27 heavy (non-hydrogen) atoms. The molecule has 1 unspecified atom stereocenters. The van der Waals surface area contributed by atoms with E-state index in [4.69, 9.17) is 9.88 Å². The zero-order chi connectivity index (χ0) is 19.4. The highest BCUT2D eigenvalue weighted by atomic mass is 32.2. The molecular formula is C20H24N2O4S. The van der Waals surface area contributed by atoms with Crippen molar-refractivity contribution in [2.75, 3.05) is 13.7 Å². The smallest absolute Gasteiger partial charge is 0.238 e. The molecule has 0 aliphatic carbocycles. The van der Waals surface area contributed by atoms with Gasteiger partial charge in [-0.3, -0.25) is 4.79 Å². The van der Waals surface area contributed by atoms with Gasteiger partial charge in [0.15, 0.2) is 0 Å². The number of aryl methyl sites for hydroxylation is 1. The molecule has 1 fully saturated rings. The number of nitrogens with two attached hydrogens (primary N) is 1. The van der Waals surface area contributed by atoms with Gasteiger partial charge >= 0.3 is 0 Å². The molecular weight excluding hydrogens is 364 g/mol. The number of sulfonamides is 1. The summed E-state index contributed by atoms with van der Waals surface area (Å²) >= 11 is 0. The molecule has 1 aliphatic heterocycles. The zero-order valence-corrected chi connectivity index (χ0v) is 16.1. The number of primary sulfonamides is 1. The van der Waals surface area contributed by atoms with Gasteiger partial charge in [-0.25, -0.2) is 13.6 Å². The number of nitrogens with zero attached hydrogens (tertiary/aromatic N) is 1. The van der Waals surface area contributed by atoms with Gasteiger partial charge in [-0.1, -0.05) is 24.3 Å². The second kappa shape index (κ2) is 8.10. The first-order valence-corrected chi connectivity index (χ1v) is 10.5. The minimum atomic E-state index is -3.69. The molecule has 0 saturated carbocycles. The van der Waals surface area contributed by atoms with E-state index in [0.29, 0.717) is 12.8 Å². The quantitative estimate of drug-likeness (QED) is 0.824. The Bertz CT molecular complexity index is 910. The van der Waals surface area contributed by atoms with Crippen molar-refractivity contribution in [3.63, 3.8) is 0 Å². The highest BCUT2D eigenvalue weighted by molar-refractivity contribution is 7.89. The first kappa shape index (κ1) is 19.4. The Morgan fingerprint density at radius 1 is 1.22 bits per heavy atom. The van der Waals surface area contributed by atoms with Crippen LogP contribution in [0.5, 0.6) is 5.75 Å². The van der Waals surface area contributed by atoms with Crippen LogP contribution in [-0.2, 0) is 21.2 Å². The minimum absolute atomic E-state index is 0.0789. The summed E-state index contributed by atoms with van der Waals surface area (Å²) in [5.41, 5.74) is 2.01. The van der Waals surface area contributed by atoms with Crippen molar-refractivity contribution in [2.45, 2.75) is 36.6 Å². The van der Waals surface area contributed by atoms with Crippen LogP contribution in [0.2, 0.25) is 0 Å². The van der Waals surface area contributed by atoms with Crippen molar-refractivity contribution >= 4 is 15.9 Å². The van der Waals surface area contributed by atoms with Gasteiger partial charge in [0.25, 0.3) is 0 Å². The second-order valence-electron chi connectivity index (χ2n) is 6.71. The molecule has 3 rings (SSSR count). The average Bonchev–Trinajstić information content (AvgIpc) is 3.16. The van der Waals surface area contributed by atoms with E-state index in [1.807, 2.05) is 29.2 Å². The Hall–Kier alpha value is -2.38. The SMILES string of the molecule is COc1cccc(C2CCCN2C(=O)CCc2ccc(S(N)(=O)=O)cc2)c1. The molecule has 1 atom stereocenters. The summed E-state index contributed by atoms with van der Waals surface area (Å²) in [6.45, 7) is 0.755. The molecule has 0 spiro atoms. The van der Waals surface area contributed by atoms with Gasteiger partial charge < -0.3 is 9.64 Å². The molecule has 1 amide bonds. The third kappa shape index (κ3) is 4.67. The molecule has 7 heteroatoms. The van der Waals surface area contributed by atoms with E-state index in [1.165, 1.54) is 12.1 Å². The number of benzene rings is 2. The van der Waals surface area contributed by atoms with E-state index in [-0.39, 0.29) is 16.8 Å². The van der Waals surface area contributed by atoms with Gasteiger partial charge in [0.2, 0.25) is 15.9 Å². The van der Waals surface area contributed by atoms with Crippen LogP contribution < -0.4 is 9.88 Å². The van der Waals surface area contributed by atoms with Gasteiger partial charge in [-0.2, -0.15) is 0 Å². The monoisotopic (exact) mass is 388 g/mol. The minimum Gasteiger partial charge on any atom is -0.497 e. The predicted octanol–water partition coefficient (Wildman–Crippen LogP) is 2.64. The molecule has 0 bridgehead atoms. The zero-order valence-electron chi connectivity index (χ0n) is 15.3. The molecule has 144 valence electrons. The Kier molecular flexibility index (Phi) is 5.82. The maximum atomic E-state index is 12.8. The lowest BCUT2D eigenvalue weighted by Crippen LogP contribution is -2.30. The van der Waals surface area contributed by atoms with Crippen molar-refractivity contribution in [1.82, 2.24) is 4.90 Å². The summed E-state index contributed by atoms with van der Waals surface area (Å²) in [7, 11) is -2.06. The van der Waals surface area contributed by atoms with Crippen LogP contribution in [-0.4, -0.2) is 32.9 Å². The average molecular weight is 388 g/mol. The van der Waals surface area contributed by atoms with Crippen molar-refractivity contribution in [3.05, 3.63) is 59.7 Å². The molecule has 1 aliphatic rings. The summed E-state index contributed by atoms with van der Waals surface area (Å²) in [5, 5.41) is 5.11. The molecule has 1 heterocycles. The number of hydrogen-bond donors (Lipinski definition) is 1. The van der Waals surface area contributed by atoms with Crippen LogP contribution in [0.15, 0.2) is 53.4 Å². The summed E-state index contributed by atoms with van der Waals surface area (Å²) < 4.78 is 27.9. The molecule has 2 N–H and O–H groups in total. The van der Waals surface area contributed by atoms with Crippen molar-refractivity contribution in [3.8, 4) is 5.75 Å². The maximum Gasteiger partial charge on any atom is 0.238 e. The van der Waals surface area contributed by atoms with E-state index in [2.05, 4.69) is 0 Å². The summed E-state index contributed by atoms with van der Waals surface area (Å²) in [5.74, 6) is 0.901. The largest absolute Gasteiger partial charge is 0.497 e. The van der Waals surface area contributed by atoms with Crippen LogP contribution in [0.3, 0.4) is 0 Å². The van der Waals surface area contributed by atoms with E-state index >= 15 is 0 Å². The number of methoxy groups -OCH3 is 1. The van der Waals surface area contributed by atoms with Crippen LogP contribution >= 0.6 is 0 Å². The van der Waals surface area contributed by atoms with Gasteiger partial charge in [0.1, 0.15) is 5.75 Å². The van der Waals surface area contributed by atoms with Gasteiger partial charge in [-0.15, -0.1) is 0 Å². The van der Waals surface area contributed by atoms with Crippen LogP contribution in [0.25, 0.3) is 0 Å². The standard InChI is InChI=1S/C20H24N2O4S/c1-26-17-5-2-4-16(14-17)19-6-3-13-22(19)20(23)12-9-15-7-10-18(11-8-15)27(21,24)25/h2,4-5,7-8,10-11,14,19H,3,6,9,12-13H2,1H3,(H2,21,24,25). The fourth-order valence-electron chi connectivity index (χ4n) is 3.50. The van der Waals surface area contributed by atoms with Gasteiger partial charge in [-0.05, 0) is 54.7 Å². The highest BCUT2D eigenvalue weighted by Gasteiger charge is 2.29. The Balaban J connectivity index is 1.64. The van der Waals surface area contributed by atoms with E-state index in [1.54, 1.807) is 19.2 Å². The lowest BCUT2D eigenvalue weighted by Gasteiger charge is -2.25. The lowest BCUT2D eigenvalue weighted by molar-refractivity contribution is -0.132. The summed E-state index contributed by atoms with van der Waals surface area (Å²) in [6, 6.07) is 14.3. The van der Waals surface area contributed by atoms with Crippen LogP contribution in [0, 0.1) is 0 Å². The molecule has 2 aromatic carbocycles. The first-order chi connectivity index (χ1) is 12.9. The van der Waals surface area contributed by atoms with Crippen LogP contribution in [0.1, 0.15) is 36.4 Å². The number of likely N-dealkylation sites (tertiary alicyclic amines) is 1. The molecule has 0 radical (unpaired) electrons. The second-order valence-corrected chi connectivity index (χ2v) is 8.27. The van der Waals surface area contributed by atoms with E-state index < -0.39 is 10.0 Å². The van der Waals surface area contributed by atoms with E-state index in [0.717, 1.165) is 36.3 Å². The number of rotatable bonds is 6. The lowest BCUT2D eigenvalue weighted by atomic mass is 10.0. The van der Waals surface area contributed by atoms with Crippen molar-refractivity contribution < 1.29 is 17.9 Å². The number of ether oxygens (including phenoxy) is 1. The van der Waals surface area contributed by atoms with Gasteiger partial charge in [0.05, 0.1) is 18.0 Å². The maximum absolute atomic E-state index is 12.8. The van der Waals surface area contributed by atoms with Crippen molar-refractivity contribution in [1.29, 1.82) is 0 Å². The normalized spacial score (nSPS) is 17.1. The fraction of sp³-hybridized carbons (Fsp3) is 0.350. The van der Waals surface area contributed by atoms with Crippen molar-refractivity contribution in [2.24, 2.45) is 5.14 Å². The topological polar surface area (TPSA) is 89.7 Å². The number of hydrogen-bond acceptors (Lipinski definition) is 4. The highest BCUT2D eigenvalue weighted by Crippen LogP contribution is 2.34. The molecule has 2 aromatic rings. The summed E-state index contributed by atoms with van der Waals surface area (Å²) in [6.07, 6.45) is 2.87. The molecule has 1 saturated heterocycles. The van der Waals surface area contributed by atoms with Gasteiger partial charge in [0, 0.05) is 13.0 Å². The Labute approximate surface area is 160 Å². The Morgan fingerprint density at radius 3 is 2.63 bits per heavy atom. The molecule has 6 nitrogen and oxygen atoms in total. The third-order valence-corrected chi connectivity index (χ3v) is 5.86. The van der Waals surface area contributed by atoms with Crippen LogP contribution in [0.4, 0.5) is 0 Å². The number of amides is 1. The predicted molar refractivity (Wildman–Crippen MR) is 103 cm³/mol. The summed E-state index contributed by atoms with van der Waals surface area (Å²) in [4.78, 5) is 14.8. The fourth-order valence-corrected chi connectivity index (χ4v) is 4.02.